The molecule has 0 aromatic carbocycles. The molecule has 402 valence electrons. The molecule has 0 bridgehead atoms. The average Bonchev–Trinajstić information content (AvgIpc) is 3.34. The smallest absolute Gasteiger partial charge is 0.305 e. The zero-order chi connectivity index (χ0) is 49.3. The molecule has 2 unspecified atom stereocenters. The number of carbonyl (C=O) groups is 2. The maximum Gasteiger partial charge on any atom is 0.305 e. The van der Waals surface area contributed by atoms with Gasteiger partial charge in [-0.3, -0.25) is 9.59 Å². The first kappa shape index (κ1) is 66.3. The van der Waals surface area contributed by atoms with Gasteiger partial charge in [-0.1, -0.05) is 289 Å². The molecule has 1 amide bonds. The Kier molecular flexibility index (Phi) is 56.5. The summed E-state index contributed by atoms with van der Waals surface area (Å²) in [5.41, 5.74) is 0. The van der Waals surface area contributed by atoms with Crippen molar-refractivity contribution >= 4 is 11.9 Å². The van der Waals surface area contributed by atoms with E-state index in [-0.39, 0.29) is 18.5 Å². The summed E-state index contributed by atoms with van der Waals surface area (Å²) < 4.78 is 5.49. The van der Waals surface area contributed by atoms with E-state index in [9.17, 15) is 19.8 Å². The molecule has 6 nitrogen and oxygen atoms in total. The molecule has 0 aromatic heterocycles. The summed E-state index contributed by atoms with van der Waals surface area (Å²) in [6.07, 6.45) is 70.8. The number of allylic oxidation sites excluding steroid dienone is 3. The van der Waals surface area contributed by atoms with Crippen LogP contribution in [0.15, 0.2) is 24.3 Å². The molecule has 6 heteroatoms. The first-order valence-electron chi connectivity index (χ1n) is 30.6. The lowest BCUT2D eigenvalue weighted by atomic mass is 10.0. The zero-order valence-electron chi connectivity index (χ0n) is 45.9. The molecule has 0 heterocycles. The Morgan fingerprint density at radius 2 is 0.691 bits per heavy atom. The van der Waals surface area contributed by atoms with E-state index in [4.69, 9.17) is 4.74 Å². The van der Waals surface area contributed by atoms with E-state index in [1.807, 2.05) is 6.08 Å². The highest BCUT2D eigenvalue weighted by molar-refractivity contribution is 5.76. The molecule has 0 spiro atoms. The molecule has 0 fully saturated rings. The van der Waals surface area contributed by atoms with Gasteiger partial charge in [0.25, 0.3) is 0 Å². The minimum absolute atomic E-state index is 0.0107. The lowest BCUT2D eigenvalue weighted by Crippen LogP contribution is -2.45. The number of hydrogen-bond donors (Lipinski definition) is 3. The number of nitrogens with one attached hydrogen (secondary N) is 1. The van der Waals surface area contributed by atoms with Crippen molar-refractivity contribution in [2.24, 2.45) is 0 Å². The monoisotopic (exact) mass is 958 g/mol. The summed E-state index contributed by atoms with van der Waals surface area (Å²) in [6.45, 7) is 4.90. The van der Waals surface area contributed by atoms with Gasteiger partial charge < -0.3 is 20.3 Å². The maximum absolute atomic E-state index is 12.4. The Balaban J connectivity index is 3.36. The third-order valence-electron chi connectivity index (χ3n) is 14.2. The highest BCUT2D eigenvalue weighted by atomic mass is 16.5. The summed E-state index contributed by atoms with van der Waals surface area (Å²) in [5, 5.41) is 23.0. The van der Waals surface area contributed by atoms with Gasteiger partial charge >= 0.3 is 5.97 Å². The molecule has 0 rings (SSSR count). The molecule has 3 N–H and O–H groups in total. The number of amides is 1. The Morgan fingerprint density at radius 1 is 0.397 bits per heavy atom. The van der Waals surface area contributed by atoms with Gasteiger partial charge in [0.1, 0.15) is 0 Å². The average molecular weight is 959 g/mol. The molecule has 0 saturated heterocycles. The number of esters is 1. The van der Waals surface area contributed by atoms with Crippen LogP contribution in [0.5, 0.6) is 0 Å². The largest absolute Gasteiger partial charge is 0.466 e. The first-order valence-corrected chi connectivity index (χ1v) is 30.6. The Bertz CT molecular complexity index is 1060. The molecule has 0 radical (unpaired) electrons. The van der Waals surface area contributed by atoms with Gasteiger partial charge in [-0.15, -0.1) is 0 Å². The number of aliphatic hydroxyl groups excluding tert-OH is 2. The van der Waals surface area contributed by atoms with Gasteiger partial charge in [-0.2, -0.15) is 0 Å². The zero-order valence-corrected chi connectivity index (χ0v) is 45.9. The summed E-state index contributed by atoms with van der Waals surface area (Å²) in [4.78, 5) is 24.5. The van der Waals surface area contributed by atoms with Crippen LogP contribution in [0.1, 0.15) is 335 Å². The molecule has 0 aliphatic rings. The highest BCUT2D eigenvalue weighted by Gasteiger charge is 2.18. The second kappa shape index (κ2) is 57.9. The van der Waals surface area contributed by atoms with Crippen molar-refractivity contribution in [2.45, 2.75) is 347 Å². The van der Waals surface area contributed by atoms with Gasteiger partial charge in [-0.25, -0.2) is 0 Å². The van der Waals surface area contributed by atoms with Gasteiger partial charge in [-0.05, 0) is 57.8 Å². The van der Waals surface area contributed by atoms with E-state index < -0.39 is 12.1 Å². The van der Waals surface area contributed by atoms with Crippen molar-refractivity contribution < 1.29 is 24.5 Å². The van der Waals surface area contributed by atoms with Crippen LogP contribution in [0, 0.1) is 0 Å². The van der Waals surface area contributed by atoms with Crippen LogP contribution in [0.2, 0.25) is 0 Å². The second-order valence-corrected chi connectivity index (χ2v) is 21.0. The predicted molar refractivity (Wildman–Crippen MR) is 296 cm³/mol. The van der Waals surface area contributed by atoms with Crippen molar-refractivity contribution in [3.05, 3.63) is 24.3 Å². The van der Waals surface area contributed by atoms with Gasteiger partial charge in [0, 0.05) is 12.8 Å². The highest BCUT2D eigenvalue weighted by Crippen LogP contribution is 2.17. The van der Waals surface area contributed by atoms with Crippen molar-refractivity contribution in [1.29, 1.82) is 0 Å². The number of rotatable bonds is 57. The summed E-state index contributed by atoms with van der Waals surface area (Å²) in [7, 11) is 0. The fourth-order valence-corrected chi connectivity index (χ4v) is 9.51. The molecule has 2 atom stereocenters. The third kappa shape index (κ3) is 53.7. The standard InChI is InChI=1S/C62H119NO5/c1-3-5-7-9-11-13-15-16-17-25-29-32-36-40-44-48-52-56-62(67)68-57-53-49-45-41-37-33-30-27-24-22-20-18-19-21-23-26-28-31-35-39-43-47-51-55-61(66)63-59(58-64)60(65)54-50-46-42-38-34-14-12-10-8-6-4-2/h16-17,50,54,59-60,64-65H,3-15,18-49,51-53,55-58H2,1-2H3,(H,63,66)/b17-16-,54-50+. The van der Waals surface area contributed by atoms with E-state index in [1.165, 1.54) is 263 Å². The molecule has 68 heavy (non-hydrogen) atoms. The Labute approximate surface area is 424 Å². The normalized spacial score (nSPS) is 12.7. The minimum atomic E-state index is -0.842. The number of hydrogen-bond acceptors (Lipinski definition) is 5. The van der Waals surface area contributed by atoms with E-state index >= 15 is 0 Å². The van der Waals surface area contributed by atoms with E-state index in [0.29, 0.717) is 19.4 Å². The lowest BCUT2D eigenvalue weighted by molar-refractivity contribution is -0.143. The summed E-state index contributed by atoms with van der Waals surface area (Å²) in [5.74, 6) is -0.0571. The van der Waals surface area contributed by atoms with Crippen LogP contribution in [0.25, 0.3) is 0 Å². The molecule has 0 aliphatic heterocycles. The quantitative estimate of drug-likeness (QED) is 0.0321. The fraction of sp³-hybridized carbons (Fsp3) is 0.903. The fourth-order valence-electron chi connectivity index (χ4n) is 9.51. The first-order chi connectivity index (χ1) is 33.5. The van der Waals surface area contributed by atoms with Crippen molar-refractivity contribution in [2.75, 3.05) is 13.2 Å². The van der Waals surface area contributed by atoms with Gasteiger partial charge in [0.15, 0.2) is 0 Å². The molecule has 0 saturated carbocycles. The van der Waals surface area contributed by atoms with Crippen molar-refractivity contribution in [1.82, 2.24) is 5.32 Å². The Morgan fingerprint density at radius 3 is 1.04 bits per heavy atom. The second-order valence-electron chi connectivity index (χ2n) is 21.0. The van der Waals surface area contributed by atoms with Crippen LogP contribution < -0.4 is 5.32 Å². The molecule has 0 aromatic rings. The number of carbonyl (C=O) groups excluding carboxylic acids is 2. The van der Waals surface area contributed by atoms with Crippen LogP contribution >= 0.6 is 0 Å². The summed E-state index contributed by atoms with van der Waals surface area (Å²) >= 11 is 0. The van der Waals surface area contributed by atoms with Gasteiger partial charge in [0.05, 0.1) is 25.4 Å². The van der Waals surface area contributed by atoms with Crippen LogP contribution in [-0.4, -0.2) is 47.4 Å². The Hall–Kier alpha value is -1.66. The van der Waals surface area contributed by atoms with Crippen molar-refractivity contribution in [3.63, 3.8) is 0 Å². The third-order valence-corrected chi connectivity index (χ3v) is 14.2. The van der Waals surface area contributed by atoms with Crippen LogP contribution in [-0.2, 0) is 14.3 Å². The number of ether oxygens (including phenoxy) is 1. The molecular formula is C62H119NO5. The van der Waals surface area contributed by atoms with Crippen LogP contribution in [0.3, 0.4) is 0 Å². The van der Waals surface area contributed by atoms with E-state index in [2.05, 4.69) is 31.3 Å². The van der Waals surface area contributed by atoms with E-state index in [0.717, 1.165) is 44.9 Å². The summed E-state index contributed by atoms with van der Waals surface area (Å²) in [6, 6.07) is -0.626. The number of aliphatic hydroxyl groups is 2. The van der Waals surface area contributed by atoms with Gasteiger partial charge in [0.2, 0.25) is 5.91 Å². The SMILES string of the molecule is CCCCCCCC/C=C\CCCCCCCCCC(=O)OCCCCCCCCCCCCCCCCCCCCCCCCCC(=O)NC(CO)C(O)/C=C/CCCCCCCCCCC. The van der Waals surface area contributed by atoms with Crippen molar-refractivity contribution in [3.8, 4) is 0 Å². The topological polar surface area (TPSA) is 95.9 Å². The number of unbranched alkanes of at least 4 members (excludes halogenated alkanes) is 44. The lowest BCUT2D eigenvalue weighted by Gasteiger charge is -2.20. The molecule has 0 aliphatic carbocycles. The maximum atomic E-state index is 12.4. The molecular weight excluding hydrogens is 839 g/mol. The van der Waals surface area contributed by atoms with Crippen LogP contribution in [0.4, 0.5) is 0 Å². The predicted octanol–water partition coefficient (Wildman–Crippen LogP) is 19.0. The van der Waals surface area contributed by atoms with E-state index in [1.54, 1.807) is 6.08 Å². The minimum Gasteiger partial charge on any atom is -0.466 e.